The fraction of sp³-hybridized carbons (Fsp3) is 0.0370. The molecule has 5 rings (SSSR count). The zero-order chi connectivity index (χ0) is 27.2. The van der Waals surface area contributed by atoms with Gasteiger partial charge in [0.25, 0.3) is 5.69 Å². The Morgan fingerprint density at radius 1 is 0.947 bits per heavy atom. The second kappa shape index (κ2) is 9.31. The van der Waals surface area contributed by atoms with Crippen LogP contribution in [0.2, 0.25) is 5.02 Å². The highest BCUT2D eigenvalue weighted by atomic mass is 35.5. The molecule has 1 aromatic heterocycles. The summed E-state index contributed by atoms with van der Waals surface area (Å²) in [5, 5.41) is 11.5. The number of esters is 1. The normalized spacial score (nSPS) is 11.6. The van der Waals surface area contributed by atoms with E-state index >= 15 is 0 Å². The van der Waals surface area contributed by atoms with Crippen LogP contribution in [0.1, 0.15) is 16.1 Å². The maximum absolute atomic E-state index is 14.1. The van der Waals surface area contributed by atoms with Crippen LogP contribution in [0.15, 0.2) is 88.1 Å². The van der Waals surface area contributed by atoms with Gasteiger partial charge in [-0.25, -0.2) is 4.79 Å². The molecule has 0 saturated heterocycles. The van der Waals surface area contributed by atoms with Crippen LogP contribution in [0.5, 0.6) is 5.75 Å². The first-order valence-corrected chi connectivity index (χ1v) is 11.2. The van der Waals surface area contributed by atoms with E-state index in [1.54, 1.807) is 36.4 Å². The summed E-state index contributed by atoms with van der Waals surface area (Å²) in [6.07, 6.45) is -5.02. The second-order valence-corrected chi connectivity index (χ2v) is 8.54. The molecule has 0 fully saturated rings. The number of nitro groups is 1. The number of ether oxygens (including phenoxy) is 1. The fourth-order valence-electron chi connectivity index (χ4n) is 4.07. The zero-order valence-corrected chi connectivity index (χ0v) is 19.7. The van der Waals surface area contributed by atoms with Crippen molar-refractivity contribution in [2.24, 2.45) is 0 Å². The Hall–Kier alpha value is -4.70. The molecule has 4 aromatic carbocycles. The van der Waals surface area contributed by atoms with Crippen LogP contribution in [-0.4, -0.2) is 10.9 Å². The molecule has 0 N–H and O–H groups in total. The van der Waals surface area contributed by atoms with Gasteiger partial charge in [-0.3, -0.25) is 14.9 Å². The fourth-order valence-corrected chi connectivity index (χ4v) is 4.32. The number of hydrogen-bond donors (Lipinski definition) is 0. The molecule has 0 amide bonds. The Balaban J connectivity index is 1.62. The first-order chi connectivity index (χ1) is 18.0. The summed E-state index contributed by atoms with van der Waals surface area (Å²) in [5.74, 6) is -2.74. The van der Waals surface area contributed by atoms with E-state index in [9.17, 15) is 32.9 Å². The topological polar surface area (TPSA) is 99.7 Å². The molecule has 0 aliphatic rings. The van der Waals surface area contributed by atoms with E-state index in [1.807, 2.05) is 0 Å². The van der Waals surface area contributed by atoms with Crippen molar-refractivity contribution in [2.75, 3.05) is 0 Å². The lowest BCUT2D eigenvalue weighted by molar-refractivity contribution is -0.384. The number of nitro benzene ring substituents is 1. The molecule has 1 heterocycles. The number of carbonyl (C=O) groups excluding carboxylic acids is 1. The monoisotopic (exact) mass is 539 g/mol. The molecule has 0 bridgehead atoms. The zero-order valence-electron chi connectivity index (χ0n) is 18.9. The molecule has 7 nitrogen and oxygen atoms in total. The summed E-state index contributed by atoms with van der Waals surface area (Å²) in [5.41, 5.74) is -2.49. The number of alkyl halides is 3. The second-order valence-electron chi connectivity index (χ2n) is 8.13. The molecular formula is C27H13ClF3NO6. The number of benzene rings is 4. The predicted octanol–water partition coefficient (Wildman–Crippen LogP) is 7.41. The van der Waals surface area contributed by atoms with Crippen molar-refractivity contribution in [1.82, 2.24) is 0 Å². The first kappa shape index (κ1) is 25.0. The summed E-state index contributed by atoms with van der Waals surface area (Å²) >= 11 is 5.95. The number of rotatable bonds is 4. The van der Waals surface area contributed by atoms with Crippen LogP contribution < -0.4 is 10.2 Å². The highest BCUT2D eigenvalue weighted by Crippen LogP contribution is 2.40. The van der Waals surface area contributed by atoms with Crippen LogP contribution in [0.25, 0.3) is 32.9 Å². The molecule has 0 atom stereocenters. The lowest BCUT2D eigenvalue weighted by Gasteiger charge is -2.14. The predicted molar refractivity (Wildman–Crippen MR) is 133 cm³/mol. The van der Waals surface area contributed by atoms with Gasteiger partial charge in [0.1, 0.15) is 11.3 Å². The van der Waals surface area contributed by atoms with Gasteiger partial charge in [-0.1, -0.05) is 54.1 Å². The van der Waals surface area contributed by atoms with E-state index in [0.717, 1.165) is 24.3 Å². The molecule has 0 spiro atoms. The lowest BCUT2D eigenvalue weighted by atomic mass is 9.96. The van der Waals surface area contributed by atoms with Crippen LogP contribution in [0.4, 0.5) is 18.9 Å². The molecule has 0 aliphatic carbocycles. The number of non-ortho nitro benzene ring substituents is 1. The van der Waals surface area contributed by atoms with E-state index in [1.165, 1.54) is 18.2 Å². The molecule has 38 heavy (non-hydrogen) atoms. The van der Waals surface area contributed by atoms with Crippen molar-refractivity contribution in [2.45, 2.75) is 6.18 Å². The Morgan fingerprint density at radius 2 is 1.68 bits per heavy atom. The Morgan fingerprint density at radius 3 is 2.39 bits per heavy atom. The Labute approximate surface area is 215 Å². The summed E-state index contributed by atoms with van der Waals surface area (Å²) in [4.78, 5) is 36.1. The van der Waals surface area contributed by atoms with Crippen LogP contribution in [-0.2, 0) is 6.18 Å². The van der Waals surface area contributed by atoms with Gasteiger partial charge in [0.15, 0.2) is 0 Å². The summed E-state index contributed by atoms with van der Waals surface area (Å²) in [6, 6.07) is 17.9. The van der Waals surface area contributed by atoms with Crippen molar-refractivity contribution in [3.63, 3.8) is 0 Å². The van der Waals surface area contributed by atoms with Crippen LogP contribution in [0.3, 0.4) is 0 Å². The van der Waals surface area contributed by atoms with E-state index in [2.05, 4.69) is 0 Å². The average Bonchev–Trinajstić information content (AvgIpc) is 2.87. The van der Waals surface area contributed by atoms with Crippen molar-refractivity contribution >= 4 is 45.0 Å². The van der Waals surface area contributed by atoms with Gasteiger partial charge in [0.05, 0.1) is 26.5 Å². The molecule has 0 saturated carbocycles. The van der Waals surface area contributed by atoms with Gasteiger partial charge >= 0.3 is 12.1 Å². The largest absolute Gasteiger partial charge is 0.450 e. The number of nitrogens with zero attached hydrogens (tertiary/aromatic N) is 1. The number of hydrogen-bond acceptors (Lipinski definition) is 6. The minimum Gasteiger partial charge on any atom is -0.450 e. The van der Waals surface area contributed by atoms with E-state index in [4.69, 9.17) is 20.8 Å². The Kier molecular flexibility index (Phi) is 6.12. The minimum absolute atomic E-state index is 0.0643. The molecular weight excluding hydrogens is 527 g/mol. The molecule has 0 unspecified atom stereocenters. The maximum Gasteiger partial charge on any atom is 0.450 e. The van der Waals surface area contributed by atoms with Crippen molar-refractivity contribution < 1.29 is 32.0 Å². The Bertz CT molecular complexity index is 1830. The number of halogens is 4. The average molecular weight is 540 g/mol. The molecule has 190 valence electrons. The first-order valence-electron chi connectivity index (χ1n) is 10.9. The molecule has 5 aromatic rings. The summed E-state index contributed by atoms with van der Waals surface area (Å²) < 4.78 is 52.8. The van der Waals surface area contributed by atoms with Gasteiger partial charge in [-0.05, 0) is 34.5 Å². The van der Waals surface area contributed by atoms with Crippen molar-refractivity contribution in [3.05, 3.63) is 116 Å². The smallest absolute Gasteiger partial charge is 0.450 e. The van der Waals surface area contributed by atoms with Crippen molar-refractivity contribution in [1.29, 1.82) is 0 Å². The molecule has 11 heteroatoms. The minimum atomic E-state index is -5.02. The molecule has 0 radical (unpaired) electrons. The van der Waals surface area contributed by atoms with Crippen molar-refractivity contribution in [3.8, 4) is 16.9 Å². The van der Waals surface area contributed by atoms with E-state index in [0.29, 0.717) is 10.8 Å². The van der Waals surface area contributed by atoms with Crippen LogP contribution in [0, 0.1) is 10.1 Å². The summed E-state index contributed by atoms with van der Waals surface area (Å²) in [7, 11) is 0. The third-order valence-electron chi connectivity index (χ3n) is 5.77. The van der Waals surface area contributed by atoms with Crippen LogP contribution >= 0.6 is 11.6 Å². The van der Waals surface area contributed by atoms with Gasteiger partial charge < -0.3 is 9.15 Å². The van der Waals surface area contributed by atoms with Gasteiger partial charge in [0.2, 0.25) is 11.2 Å². The highest BCUT2D eigenvalue weighted by Gasteiger charge is 2.39. The number of fused-ring (bicyclic) bond motifs is 2. The SMILES string of the molecule is O=C(Oc1ccc2c(=O)c(-c3cccc4ccccc34)c(C(F)(F)F)oc2c1)c1ccc([N+](=O)[O-])cc1Cl. The maximum atomic E-state index is 14.1. The quantitative estimate of drug-likeness (QED) is 0.102. The van der Waals surface area contributed by atoms with E-state index in [-0.39, 0.29) is 33.0 Å². The lowest BCUT2D eigenvalue weighted by Crippen LogP contribution is -2.16. The van der Waals surface area contributed by atoms with Gasteiger partial charge in [-0.2, -0.15) is 13.2 Å². The summed E-state index contributed by atoms with van der Waals surface area (Å²) in [6.45, 7) is 0. The third kappa shape index (κ3) is 4.46. The standard InChI is InChI=1S/C27H13ClF3NO6/c28-21-12-15(32(35)36)8-10-19(21)26(34)37-16-9-11-20-22(13-16)38-25(27(29,30)31)23(24(20)33)18-7-3-5-14-4-1-2-6-17(14)18/h1-13H. The highest BCUT2D eigenvalue weighted by molar-refractivity contribution is 6.33. The third-order valence-corrected chi connectivity index (χ3v) is 6.09. The van der Waals surface area contributed by atoms with Gasteiger partial charge in [-0.15, -0.1) is 0 Å². The number of carbonyl (C=O) groups is 1. The van der Waals surface area contributed by atoms with Gasteiger partial charge in [0, 0.05) is 18.2 Å². The van der Waals surface area contributed by atoms with E-state index < -0.39 is 39.4 Å². The molecule has 0 aliphatic heterocycles.